The van der Waals surface area contributed by atoms with Crippen LogP contribution in [0.2, 0.25) is 0 Å². The Morgan fingerprint density at radius 2 is 2.00 bits per heavy atom. The van der Waals surface area contributed by atoms with Gasteiger partial charge in [0.25, 0.3) is 0 Å². The fourth-order valence-electron chi connectivity index (χ4n) is 1.45. The van der Waals surface area contributed by atoms with Gasteiger partial charge in [0.2, 0.25) is 0 Å². The van der Waals surface area contributed by atoms with Crippen molar-refractivity contribution >= 4 is 11.8 Å². The molecule has 0 amide bonds. The number of hydrogen-bond donors (Lipinski definition) is 0. The first-order valence-corrected chi connectivity index (χ1v) is 6.26. The fourth-order valence-corrected chi connectivity index (χ4v) is 2.71. The largest absolute Gasteiger partial charge is 0.349 e. The van der Waals surface area contributed by atoms with Crippen LogP contribution in [0.3, 0.4) is 0 Å². The third kappa shape index (κ3) is 4.34. The maximum atomic E-state index is 5.38. The monoisotopic (exact) mass is 204 g/mol. The predicted octanol–water partition coefficient (Wildman–Crippen LogP) is 2.67. The topological polar surface area (TPSA) is 18.5 Å². The van der Waals surface area contributed by atoms with Crippen LogP contribution < -0.4 is 0 Å². The number of rotatable bonds is 6. The highest BCUT2D eigenvalue weighted by Crippen LogP contribution is 2.22. The van der Waals surface area contributed by atoms with Crippen molar-refractivity contribution in [3.05, 3.63) is 0 Å². The van der Waals surface area contributed by atoms with Crippen LogP contribution in [0.4, 0.5) is 0 Å². The van der Waals surface area contributed by atoms with Crippen molar-refractivity contribution in [2.75, 3.05) is 19.0 Å². The maximum Gasteiger partial charge on any atom is 0.166 e. The minimum atomic E-state index is 0.0657. The van der Waals surface area contributed by atoms with E-state index in [4.69, 9.17) is 9.47 Å². The van der Waals surface area contributed by atoms with Crippen molar-refractivity contribution in [1.29, 1.82) is 0 Å². The molecule has 1 heterocycles. The summed E-state index contributed by atoms with van der Waals surface area (Å²) in [6, 6.07) is 0. The van der Waals surface area contributed by atoms with E-state index in [9.17, 15) is 0 Å². The lowest BCUT2D eigenvalue weighted by Gasteiger charge is -2.15. The van der Waals surface area contributed by atoms with Crippen LogP contribution in [0.15, 0.2) is 0 Å². The Hall–Kier alpha value is 0.270. The smallest absolute Gasteiger partial charge is 0.166 e. The van der Waals surface area contributed by atoms with Crippen LogP contribution in [-0.2, 0) is 9.47 Å². The third-order valence-electron chi connectivity index (χ3n) is 2.22. The molecule has 0 aromatic rings. The van der Waals surface area contributed by atoms with Crippen LogP contribution in [0.1, 0.15) is 33.1 Å². The zero-order valence-corrected chi connectivity index (χ0v) is 9.44. The first kappa shape index (κ1) is 11.3. The zero-order valence-electron chi connectivity index (χ0n) is 8.62. The molecule has 0 radical (unpaired) electrons. The molecule has 1 aliphatic rings. The SMILES string of the molecule is CCCC(CC)SCC1OCCO1. The van der Waals surface area contributed by atoms with Crippen LogP contribution in [0.25, 0.3) is 0 Å². The second kappa shape index (κ2) is 6.68. The number of thioether (sulfide) groups is 1. The Balaban J connectivity index is 2.07. The van der Waals surface area contributed by atoms with Gasteiger partial charge in [-0.3, -0.25) is 0 Å². The second-order valence-corrected chi connectivity index (χ2v) is 4.66. The summed E-state index contributed by atoms with van der Waals surface area (Å²) >= 11 is 1.99. The quantitative estimate of drug-likeness (QED) is 0.662. The molecule has 0 bridgehead atoms. The first-order chi connectivity index (χ1) is 6.36. The second-order valence-electron chi connectivity index (χ2n) is 3.32. The Kier molecular flexibility index (Phi) is 5.83. The van der Waals surface area contributed by atoms with E-state index >= 15 is 0 Å². The van der Waals surface area contributed by atoms with E-state index in [-0.39, 0.29) is 6.29 Å². The highest BCUT2D eigenvalue weighted by atomic mass is 32.2. The van der Waals surface area contributed by atoms with E-state index in [1.165, 1.54) is 19.3 Å². The lowest BCUT2D eigenvalue weighted by molar-refractivity contribution is -0.0215. The van der Waals surface area contributed by atoms with Gasteiger partial charge in [-0.15, -0.1) is 0 Å². The summed E-state index contributed by atoms with van der Waals surface area (Å²) in [6.45, 7) is 6.04. The summed E-state index contributed by atoms with van der Waals surface area (Å²) in [6.07, 6.45) is 3.91. The molecular formula is C10H20O2S. The standard InChI is InChI=1S/C10H20O2S/c1-3-5-9(4-2)13-8-10-11-6-7-12-10/h9-10H,3-8H2,1-2H3. The lowest BCUT2D eigenvalue weighted by atomic mass is 10.2. The maximum absolute atomic E-state index is 5.38. The van der Waals surface area contributed by atoms with E-state index in [2.05, 4.69) is 13.8 Å². The Morgan fingerprint density at radius 3 is 2.54 bits per heavy atom. The molecule has 0 aromatic carbocycles. The normalized spacial score (nSPS) is 20.8. The summed E-state index contributed by atoms with van der Waals surface area (Å²) < 4.78 is 10.8. The molecule has 78 valence electrons. The molecule has 1 aliphatic heterocycles. The van der Waals surface area contributed by atoms with Crippen LogP contribution >= 0.6 is 11.8 Å². The summed E-state index contributed by atoms with van der Waals surface area (Å²) in [5.74, 6) is 0.999. The molecule has 0 aliphatic carbocycles. The third-order valence-corrected chi connectivity index (χ3v) is 3.73. The molecule has 0 saturated carbocycles. The molecule has 1 saturated heterocycles. The van der Waals surface area contributed by atoms with Gasteiger partial charge >= 0.3 is 0 Å². The van der Waals surface area contributed by atoms with Gasteiger partial charge in [0.1, 0.15) is 0 Å². The fraction of sp³-hybridized carbons (Fsp3) is 1.00. The molecule has 0 aromatic heterocycles. The predicted molar refractivity (Wildman–Crippen MR) is 57.1 cm³/mol. The molecule has 1 fully saturated rings. The Bertz CT molecular complexity index is 124. The van der Waals surface area contributed by atoms with E-state index in [1.54, 1.807) is 0 Å². The van der Waals surface area contributed by atoms with Gasteiger partial charge in [0.15, 0.2) is 6.29 Å². The number of hydrogen-bond acceptors (Lipinski definition) is 3. The lowest BCUT2D eigenvalue weighted by Crippen LogP contribution is -2.14. The average molecular weight is 204 g/mol. The van der Waals surface area contributed by atoms with Gasteiger partial charge in [-0.05, 0) is 12.8 Å². The Morgan fingerprint density at radius 1 is 1.31 bits per heavy atom. The molecule has 1 atom stereocenters. The molecule has 2 nitrogen and oxygen atoms in total. The average Bonchev–Trinajstić information content (AvgIpc) is 2.64. The van der Waals surface area contributed by atoms with Gasteiger partial charge in [0.05, 0.1) is 13.2 Å². The van der Waals surface area contributed by atoms with Crippen molar-refractivity contribution in [1.82, 2.24) is 0 Å². The molecule has 13 heavy (non-hydrogen) atoms. The van der Waals surface area contributed by atoms with Crippen LogP contribution in [-0.4, -0.2) is 30.5 Å². The first-order valence-electron chi connectivity index (χ1n) is 5.21. The van der Waals surface area contributed by atoms with Gasteiger partial charge in [-0.1, -0.05) is 20.3 Å². The van der Waals surface area contributed by atoms with Crippen LogP contribution in [0, 0.1) is 0 Å². The summed E-state index contributed by atoms with van der Waals surface area (Å²) in [5, 5.41) is 0.790. The minimum absolute atomic E-state index is 0.0657. The molecule has 0 N–H and O–H groups in total. The van der Waals surface area contributed by atoms with Crippen molar-refractivity contribution < 1.29 is 9.47 Å². The van der Waals surface area contributed by atoms with Gasteiger partial charge < -0.3 is 9.47 Å². The molecular weight excluding hydrogens is 184 g/mol. The Labute approximate surface area is 85.4 Å². The van der Waals surface area contributed by atoms with E-state index in [0.29, 0.717) is 0 Å². The van der Waals surface area contributed by atoms with E-state index in [1.807, 2.05) is 11.8 Å². The summed E-state index contributed by atoms with van der Waals surface area (Å²) in [7, 11) is 0. The highest BCUT2D eigenvalue weighted by Gasteiger charge is 2.17. The number of ether oxygens (including phenoxy) is 2. The van der Waals surface area contributed by atoms with Crippen molar-refractivity contribution in [3.8, 4) is 0 Å². The summed E-state index contributed by atoms with van der Waals surface area (Å²) in [5.41, 5.74) is 0. The molecule has 1 rings (SSSR count). The van der Waals surface area contributed by atoms with Gasteiger partial charge in [-0.2, -0.15) is 11.8 Å². The molecule has 1 unspecified atom stereocenters. The minimum Gasteiger partial charge on any atom is -0.349 e. The van der Waals surface area contributed by atoms with Gasteiger partial charge in [0, 0.05) is 11.0 Å². The van der Waals surface area contributed by atoms with Crippen LogP contribution in [0.5, 0.6) is 0 Å². The van der Waals surface area contributed by atoms with E-state index < -0.39 is 0 Å². The molecule has 0 spiro atoms. The molecule has 3 heteroatoms. The van der Waals surface area contributed by atoms with E-state index in [0.717, 1.165) is 24.2 Å². The van der Waals surface area contributed by atoms with Crippen molar-refractivity contribution in [2.45, 2.75) is 44.6 Å². The van der Waals surface area contributed by atoms with Gasteiger partial charge in [-0.25, -0.2) is 0 Å². The zero-order chi connectivity index (χ0) is 9.52. The van der Waals surface area contributed by atoms with Crippen molar-refractivity contribution in [2.24, 2.45) is 0 Å². The summed E-state index contributed by atoms with van der Waals surface area (Å²) in [4.78, 5) is 0. The van der Waals surface area contributed by atoms with Crippen molar-refractivity contribution in [3.63, 3.8) is 0 Å². The highest BCUT2D eigenvalue weighted by molar-refractivity contribution is 7.99.